The summed E-state index contributed by atoms with van der Waals surface area (Å²) < 4.78 is 11.9. The molecule has 0 saturated heterocycles. The number of aliphatic imine (C=N–C) groups is 1. The van der Waals surface area contributed by atoms with Gasteiger partial charge in [0.1, 0.15) is 18.7 Å². The minimum atomic E-state index is -0.800. The number of benzene rings is 1. The largest absolute Gasteiger partial charge is 0.462 e. The van der Waals surface area contributed by atoms with Gasteiger partial charge in [0, 0.05) is 29.1 Å². The molecule has 156 valence electrons. The van der Waals surface area contributed by atoms with Crippen LogP contribution >= 0.6 is 0 Å². The van der Waals surface area contributed by atoms with Crippen LogP contribution in [0.5, 0.6) is 11.5 Å². The van der Waals surface area contributed by atoms with Gasteiger partial charge in [0.2, 0.25) is 0 Å². The Balaban J connectivity index is 1.67. The van der Waals surface area contributed by atoms with E-state index in [1.54, 1.807) is 18.6 Å². The zero-order chi connectivity index (χ0) is 21.6. The first kappa shape index (κ1) is 19.2. The van der Waals surface area contributed by atoms with Crippen molar-refractivity contribution < 1.29 is 9.47 Å². The van der Waals surface area contributed by atoms with Crippen molar-refractivity contribution in [2.75, 3.05) is 6.61 Å². The number of rotatable bonds is 2. The van der Waals surface area contributed by atoms with Crippen molar-refractivity contribution >= 4 is 12.1 Å². The lowest BCUT2D eigenvalue weighted by Crippen LogP contribution is -2.31. The van der Waals surface area contributed by atoms with Gasteiger partial charge >= 0.3 is 0 Å². The number of ether oxygens (including phenoxy) is 2. The predicted molar refractivity (Wildman–Crippen MR) is 119 cm³/mol. The Morgan fingerprint density at radius 1 is 1.00 bits per heavy atom. The third-order valence-corrected chi connectivity index (χ3v) is 5.36. The van der Waals surface area contributed by atoms with Crippen molar-refractivity contribution in [3.8, 4) is 22.6 Å². The molecule has 5 rings (SSSR count). The van der Waals surface area contributed by atoms with Crippen LogP contribution in [0.25, 0.3) is 17.2 Å². The Morgan fingerprint density at radius 3 is 2.48 bits per heavy atom. The molecule has 1 spiro atoms. The summed E-state index contributed by atoms with van der Waals surface area (Å²) >= 11 is 0. The minimum Gasteiger partial charge on any atom is -0.462 e. The second kappa shape index (κ2) is 6.91. The number of nitrogens with two attached hydrogens (primary N) is 1. The van der Waals surface area contributed by atoms with Gasteiger partial charge in [-0.25, -0.2) is 15.0 Å². The van der Waals surface area contributed by atoms with Gasteiger partial charge in [0.25, 0.3) is 6.02 Å². The van der Waals surface area contributed by atoms with Gasteiger partial charge < -0.3 is 15.2 Å². The number of pyridine rings is 1. The quantitative estimate of drug-likeness (QED) is 0.673. The Labute approximate surface area is 180 Å². The average Bonchev–Trinajstić information content (AvgIpc) is 3.15. The molecule has 4 heterocycles. The molecule has 0 radical (unpaired) electrons. The van der Waals surface area contributed by atoms with E-state index in [1.165, 1.54) is 6.33 Å². The average molecular weight is 413 g/mol. The highest BCUT2D eigenvalue weighted by Gasteiger charge is 2.47. The van der Waals surface area contributed by atoms with Gasteiger partial charge in [0.05, 0.1) is 11.9 Å². The molecular formula is C24H23N5O2. The lowest BCUT2D eigenvalue weighted by atomic mass is 9.80. The van der Waals surface area contributed by atoms with Crippen LogP contribution in [-0.2, 0) is 10.3 Å². The zero-order valence-corrected chi connectivity index (χ0v) is 17.7. The molecule has 0 fully saturated rings. The number of allylic oxidation sites excluding steroid dienone is 1. The van der Waals surface area contributed by atoms with E-state index in [-0.39, 0.29) is 11.4 Å². The molecule has 2 N–H and O–H groups in total. The van der Waals surface area contributed by atoms with Crippen molar-refractivity contribution in [3.05, 3.63) is 72.1 Å². The number of hydrogen-bond donors (Lipinski definition) is 1. The fraction of sp³-hybridized carbons (Fsp3) is 0.250. The van der Waals surface area contributed by atoms with Crippen molar-refractivity contribution in [1.82, 2.24) is 15.0 Å². The maximum Gasteiger partial charge on any atom is 0.283 e. The van der Waals surface area contributed by atoms with E-state index in [0.29, 0.717) is 18.1 Å². The van der Waals surface area contributed by atoms with Crippen LogP contribution in [0.2, 0.25) is 0 Å². The van der Waals surface area contributed by atoms with Gasteiger partial charge in [0.15, 0.2) is 11.3 Å². The summed E-state index contributed by atoms with van der Waals surface area (Å²) in [4.78, 5) is 17.6. The fourth-order valence-corrected chi connectivity index (χ4v) is 3.83. The molecule has 2 aromatic heterocycles. The monoisotopic (exact) mass is 413 g/mol. The van der Waals surface area contributed by atoms with Gasteiger partial charge in [-0.3, -0.25) is 4.98 Å². The summed E-state index contributed by atoms with van der Waals surface area (Å²) in [5.41, 5.74) is 9.71. The van der Waals surface area contributed by atoms with E-state index < -0.39 is 5.54 Å². The Morgan fingerprint density at radius 2 is 1.77 bits per heavy atom. The van der Waals surface area contributed by atoms with Gasteiger partial charge in [-0.2, -0.15) is 0 Å². The molecule has 3 aromatic rings. The fourth-order valence-electron chi connectivity index (χ4n) is 3.83. The van der Waals surface area contributed by atoms with E-state index in [2.05, 4.69) is 41.8 Å². The second-order valence-corrected chi connectivity index (χ2v) is 8.84. The molecule has 1 atom stereocenters. The normalized spacial score (nSPS) is 19.5. The summed E-state index contributed by atoms with van der Waals surface area (Å²) in [6.07, 6.45) is 11.0. The van der Waals surface area contributed by atoms with E-state index >= 15 is 0 Å². The summed E-state index contributed by atoms with van der Waals surface area (Å²) in [5, 5.41) is 0. The minimum absolute atomic E-state index is 0.0457. The SMILES string of the molecule is CC(C)(C)C=Cc1cc2c(cn1)Oc1ccc(-c3cncnc3)cc1[C@@]21COC(N)=N1. The summed E-state index contributed by atoms with van der Waals surface area (Å²) in [7, 11) is 0. The maximum absolute atomic E-state index is 6.21. The van der Waals surface area contributed by atoms with Crippen LogP contribution in [0.4, 0.5) is 0 Å². The third kappa shape index (κ3) is 3.42. The van der Waals surface area contributed by atoms with Crippen molar-refractivity contribution in [2.45, 2.75) is 26.3 Å². The molecule has 0 amide bonds. The van der Waals surface area contributed by atoms with E-state index in [0.717, 1.165) is 27.9 Å². The molecule has 0 saturated carbocycles. The first-order chi connectivity index (χ1) is 14.8. The molecule has 0 aliphatic carbocycles. The van der Waals surface area contributed by atoms with Gasteiger partial charge in [-0.05, 0) is 35.3 Å². The molecule has 0 bridgehead atoms. The number of fused-ring (bicyclic) bond motifs is 4. The molecule has 7 heteroatoms. The molecule has 2 aliphatic heterocycles. The molecule has 31 heavy (non-hydrogen) atoms. The topological polar surface area (TPSA) is 95.5 Å². The van der Waals surface area contributed by atoms with Crippen LogP contribution in [0.15, 0.2) is 60.3 Å². The highest BCUT2D eigenvalue weighted by atomic mass is 16.5. The van der Waals surface area contributed by atoms with E-state index in [1.807, 2.05) is 30.3 Å². The number of aromatic nitrogens is 3. The standard InChI is InChI=1S/C24H23N5O2/c1-23(2,3)7-6-17-9-19-21(12-28-17)31-20-5-4-15(16-10-26-14-27-11-16)8-18(20)24(19)13-30-22(25)29-24/h4-12,14H,13H2,1-3H3,(H2,25,29)/t24-/m0/s1. The molecular weight excluding hydrogens is 390 g/mol. The third-order valence-electron chi connectivity index (χ3n) is 5.36. The summed E-state index contributed by atoms with van der Waals surface area (Å²) in [6.45, 7) is 6.73. The highest BCUT2D eigenvalue weighted by molar-refractivity contribution is 5.78. The zero-order valence-electron chi connectivity index (χ0n) is 17.7. The second-order valence-electron chi connectivity index (χ2n) is 8.84. The number of amidine groups is 1. The van der Waals surface area contributed by atoms with Crippen LogP contribution in [0.3, 0.4) is 0 Å². The number of hydrogen-bond acceptors (Lipinski definition) is 7. The van der Waals surface area contributed by atoms with Gasteiger partial charge in [-0.1, -0.05) is 32.9 Å². The summed E-state index contributed by atoms with van der Waals surface area (Å²) in [5.74, 6) is 1.35. The van der Waals surface area contributed by atoms with Crippen LogP contribution in [0, 0.1) is 5.41 Å². The Kier molecular flexibility index (Phi) is 4.28. The molecule has 1 aromatic carbocycles. The van der Waals surface area contributed by atoms with Gasteiger partial charge in [-0.15, -0.1) is 0 Å². The predicted octanol–water partition coefficient (Wildman–Crippen LogP) is 4.29. The van der Waals surface area contributed by atoms with Crippen molar-refractivity contribution in [3.63, 3.8) is 0 Å². The first-order valence-electron chi connectivity index (χ1n) is 10.1. The maximum atomic E-state index is 6.21. The van der Waals surface area contributed by atoms with Crippen molar-refractivity contribution in [2.24, 2.45) is 16.1 Å². The van der Waals surface area contributed by atoms with Crippen LogP contribution < -0.4 is 10.5 Å². The summed E-state index contributed by atoms with van der Waals surface area (Å²) in [6, 6.07) is 8.13. The highest BCUT2D eigenvalue weighted by Crippen LogP contribution is 2.51. The lowest BCUT2D eigenvalue weighted by Gasteiger charge is -2.33. The first-order valence-corrected chi connectivity index (χ1v) is 10.1. The van der Waals surface area contributed by atoms with E-state index in [9.17, 15) is 0 Å². The smallest absolute Gasteiger partial charge is 0.283 e. The van der Waals surface area contributed by atoms with Crippen LogP contribution in [0.1, 0.15) is 37.6 Å². The molecule has 2 aliphatic rings. The lowest BCUT2D eigenvalue weighted by molar-refractivity contribution is 0.264. The molecule has 0 unspecified atom stereocenters. The van der Waals surface area contributed by atoms with Crippen LogP contribution in [-0.4, -0.2) is 27.6 Å². The van der Waals surface area contributed by atoms with Crippen molar-refractivity contribution in [1.29, 1.82) is 0 Å². The Bertz CT molecular complexity index is 1210. The Hall–Kier alpha value is -3.74. The van der Waals surface area contributed by atoms with E-state index in [4.69, 9.17) is 20.2 Å². The molecule has 7 nitrogen and oxygen atoms in total. The number of nitrogens with zero attached hydrogens (tertiary/aromatic N) is 4.